The van der Waals surface area contributed by atoms with E-state index in [4.69, 9.17) is 5.26 Å². The summed E-state index contributed by atoms with van der Waals surface area (Å²) in [5, 5.41) is 18.0. The molecule has 0 saturated carbocycles. The Morgan fingerprint density at radius 2 is 1.29 bits per heavy atom. The van der Waals surface area contributed by atoms with Crippen molar-refractivity contribution in [1.82, 2.24) is 0 Å². The minimum Gasteiger partial charge on any atom is -0.388 e. The summed E-state index contributed by atoms with van der Waals surface area (Å²) in [7, 11) is 0.176. The minimum atomic E-state index is -6.64. The molecule has 0 heterocycles. The van der Waals surface area contributed by atoms with Crippen molar-refractivity contribution < 1.29 is 58.1 Å². The molecule has 1 aromatic carbocycles. The summed E-state index contributed by atoms with van der Waals surface area (Å²) in [5.74, 6) is -9.63. The lowest BCUT2D eigenvalue weighted by Gasteiger charge is -2.36. The molecule has 0 aliphatic heterocycles. The number of benzene rings is 1. The molecule has 158 valence electrons. The fraction of sp³-hybridized carbons (Fsp3) is 0.500. The molecule has 2 atom stereocenters. The van der Waals surface area contributed by atoms with E-state index in [-0.39, 0.29) is 7.11 Å². The smallest absolute Gasteiger partial charge is 0.388 e. The van der Waals surface area contributed by atoms with E-state index in [1.807, 2.05) is 0 Å². The molecule has 1 N–H and O–H groups in total. The number of hydrogen-bond donors (Lipinski definition) is 1. The van der Waals surface area contributed by atoms with Gasteiger partial charge in [-0.15, -0.1) is 0 Å². The molecule has 0 spiro atoms. The first-order chi connectivity index (χ1) is 12.6. The SMILES string of the molecule is COC(CC(O)c1c(F)c(F)c(C#N)c(F)c1F)C(F)(C(F)(F)F)C(F)(F)F. The Hall–Kier alpha value is -2.14. The molecule has 1 rings (SSSR count). The third kappa shape index (κ3) is 3.72. The molecule has 0 aromatic heterocycles. The molecule has 2 unspecified atom stereocenters. The van der Waals surface area contributed by atoms with E-state index in [2.05, 4.69) is 4.74 Å². The molecule has 0 radical (unpaired) electrons. The van der Waals surface area contributed by atoms with Gasteiger partial charge in [-0.05, 0) is 0 Å². The van der Waals surface area contributed by atoms with Gasteiger partial charge in [-0.3, -0.25) is 0 Å². The Kier molecular flexibility index (Phi) is 6.58. The van der Waals surface area contributed by atoms with Gasteiger partial charge in [0.25, 0.3) is 0 Å². The average Bonchev–Trinajstić information content (AvgIpc) is 2.56. The van der Waals surface area contributed by atoms with E-state index in [1.54, 1.807) is 0 Å². The number of methoxy groups -OCH3 is 1. The molecule has 0 aliphatic rings. The summed E-state index contributed by atoms with van der Waals surface area (Å²) >= 11 is 0. The summed E-state index contributed by atoms with van der Waals surface area (Å²) in [5.41, 5.74) is -9.92. The summed E-state index contributed by atoms with van der Waals surface area (Å²) in [6, 6.07) is 0.733. The summed E-state index contributed by atoms with van der Waals surface area (Å²) in [6.07, 6.45) is -22.1. The van der Waals surface area contributed by atoms with Gasteiger partial charge in [0.05, 0.1) is 11.7 Å². The van der Waals surface area contributed by atoms with Crippen LogP contribution in [0.3, 0.4) is 0 Å². The van der Waals surface area contributed by atoms with Crippen LogP contribution in [0.15, 0.2) is 0 Å². The second kappa shape index (κ2) is 7.70. The number of aliphatic hydroxyl groups is 1. The number of aliphatic hydroxyl groups excluding tert-OH is 1. The minimum absolute atomic E-state index is 0.176. The maximum Gasteiger partial charge on any atom is 0.434 e. The number of nitriles is 1. The van der Waals surface area contributed by atoms with Crippen LogP contribution in [0.4, 0.5) is 48.3 Å². The molecule has 14 heteroatoms. The van der Waals surface area contributed by atoms with Gasteiger partial charge in [-0.1, -0.05) is 0 Å². The van der Waals surface area contributed by atoms with Gasteiger partial charge in [0, 0.05) is 13.5 Å². The molecule has 0 aliphatic carbocycles. The van der Waals surface area contributed by atoms with Crippen molar-refractivity contribution in [3.63, 3.8) is 0 Å². The number of nitrogens with zero attached hydrogens (tertiary/aromatic N) is 1. The summed E-state index contributed by atoms with van der Waals surface area (Å²) in [4.78, 5) is 0. The van der Waals surface area contributed by atoms with Crippen LogP contribution in [-0.4, -0.2) is 36.3 Å². The Morgan fingerprint density at radius 1 is 0.893 bits per heavy atom. The van der Waals surface area contributed by atoms with E-state index in [1.165, 1.54) is 0 Å². The second-order valence-electron chi connectivity index (χ2n) is 5.34. The van der Waals surface area contributed by atoms with Crippen LogP contribution < -0.4 is 0 Å². The average molecular weight is 431 g/mol. The predicted octanol–water partition coefficient (Wildman–Crippen LogP) is 4.39. The highest BCUT2D eigenvalue weighted by molar-refractivity contribution is 5.38. The lowest BCUT2D eigenvalue weighted by Crippen LogP contribution is -2.61. The zero-order chi connectivity index (χ0) is 22.2. The molecule has 0 bridgehead atoms. The van der Waals surface area contributed by atoms with Gasteiger partial charge in [-0.25, -0.2) is 22.0 Å². The number of rotatable bonds is 5. The molecular formula is C14H8F11NO2. The van der Waals surface area contributed by atoms with E-state index in [0.29, 0.717) is 0 Å². The second-order valence-corrected chi connectivity index (χ2v) is 5.34. The van der Waals surface area contributed by atoms with Gasteiger partial charge in [-0.2, -0.15) is 31.6 Å². The number of alkyl halides is 7. The highest BCUT2D eigenvalue weighted by Gasteiger charge is 2.76. The molecule has 3 nitrogen and oxygen atoms in total. The van der Waals surface area contributed by atoms with Gasteiger partial charge in [0.2, 0.25) is 0 Å². The lowest BCUT2D eigenvalue weighted by molar-refractivity contribution is -0.368. The summed E-state index contributed by atoms with van der Waals surface area (Å²) < 4.78 is 149. The number of hydrogen-bond acceptors (Lipinski definition) is 3. The molecule has 28 heavy (non-hydrogen) atoms. The predicted molar refractivity (Wildman–Crippen MR) is 67.3 cm³/mol. The van der Waals surface area contributed by atoms with Gasteiger partial charge >= 0.3 is 18.0 Å². The summed E-state index contributed by atoms with van der Waals surface area (Å²) in [6.45, 7) is 0. The van der Waals surface area contributed by atoms with Gasteiger partial charge < -0.3 is 9.84 Å². The standard InChI is InChI=1S/C14H8F11NO2/c1-28-6(12(19,13(20,21)22)14(23,24)25)2-5(27)7-10(17)8(15)4(3-26)9(16)11(7)18/h5-6,27H,2H2,1H3. The normalized spacial score (nSPS) is 15.3. The monoisotopic (exact) mass is 431 g/mol. The van der Waals surface area contributed by atoms with E-state index in [9.17, 15) is 53.4 Å². The van der Waals surface area contributed by atoms with Crippen molar-refractivity contribution in [3.05, 3.63) is 34.4 Å². The van der Waals surface area contributed by atoms with Crippen LogP contribution in [0.5, 0.6) is 0 Å². The van der Waals surface area contributed by atoms with Crippen molar-refractivity contribution in [3.8, 4) is 6.07 Å². The highest BCUT2D eigenvalue weighted by atomic mass is 19.4. The largest absolute Gasteiger partial charge is 0.434 e. The quantitative estimate of drug-likeness (QED) is 0.556. The van der Waals surface area contributed by atoms with Gasteiger partial charge in [0.15, 0.2) is 23.3 Å². The molecule has 0 fully saturated rings. The topological polar surface area (TPSA) is 53.2 Å². The third-order valence-electron chi connectivity index (χ3n) is 3.73. The maximum absolute atomic E-state index is 14.0. The van der Waals surface area contributed by atoms with Crippen molar-refractivity contribution >= 4 is 0 Å². The first-order valence-corrected chi connectivity index (χ1v) is 6.85. The van der Waals surface area contributed by atoms with Crippen molar-refractivity contribution in [2.75, 3.05) is 7.11 Å². The zero-order valence-electron chi connectivity index (χ0n) is 13.3. The van der Waals surface area contributed by atoms with Crippen LogP contribution in [0.2, 0.25) is 0 Å². The van der Waals surface area contributed by atoms with Crippen LogP contribution in [0.1, 0.15) is 23.7 Å². The van der Waals surface area contributed by atoms with E-state index in [0.717, 1.165) is 6.07 Å². The van der Waals surface area contributed by atoms with Gasteiger partial charge in [0.1, 0.15) is 17.7 Å². The van der Waals surface area contributed by atoms with Crippen LogP contribution in [0, 0.1) is 34.6 Å². The Labute approximate surface area is 148 Å². The fourth-order valence-corrected chi connectivity index (χ4v) is 2.31. The zero-order valence-corrected chi connectivity index (χ0v) is 13.3. The van der Waals surface area contributed by atoms with Crippen molar-refractivity contribution in [1.29, 1.82) is 5.26 Å². The van der Waals surface area contributed by atoms with E-state index >= 15 is 0 Å². The third-order valence-corrected chi connectivity index (χ3v) is 3.73. The van der Waals surface area contributed by atoms with E-state index < -0.39 is 71.0 Å². The van der Waals surface area contributed by atoms with Crippen LogP contribution in [-0.2, 0) is 4.74 Å². The lowest BCUT2D eigenvalue weighted by atomic mass is 9.89. The molecule has 0 saturated heterocycles. The number of halogens is 11. The highest BCUT2D eigenvalue weighted by Crippen LogP contribution is 2.51. The molecule has 0 amide bonds. The van der Waals surface area contributed by atoms with Crippen molar-refractivity contribution in [2.24, 2.45) is 0 Å². The maximum atomic E-state index is 14.0. The first kappa shape index (κ1) is 23.9. The Balaban J connectivity index is 3.50. The molecular weight excluding hydrogens is 423 g/mol. The first-order valence-electron chi connectivity index (χ1n) is 6.85. The Bertz CT molecular complexity index is 738. The molecule has 1 aromatic rings. The van der Waals surface area contributed by atoms with Crippen LogP contribution in [0.25, 0.3) is 0 Å². The van der Waals surface area contributed by atoms with Crippen LogP contribution >= 0.6 is 0 Å². The Morgan fingerprint density at radius 3 is 1.57 bits per heavy atom. The fourth-order valence-electron chi connectivity index (χ4n) is 2.31. The van der Waals surface area contributed by atoms with Crippen molar-refractivity contribution in [2.45, 2.75) is 36.7 Å². The number of ether oxygens (including phenoxy) is 1.